The number of aromatic nitrogens is 2. The third-order valence-corrected chi connectivity index (χ3v) is 2.75. The van der Waals surface area contributed by atoms with E-state index in [-0.39, 0.29) is 6.04 Å². The van der Waals surface area contributed by atoms with Crippen LogP contribution in [0.4, 0.5) is 0 Å². The van der Waals surface area contributed by atoms with E-state index in [4.69, 9.17) is 0 Å². The summed E-state index contributed by atoms with van der Waals surface area (Å²) in [7, 11) is 0. The maximum absolute atomic E-state index is 10.2. The molecule has 0 aliphatic rings. The number of nitrogens with zero attached hydrogens (tertiary/aromatic N) is 2. The van der Waals surface area contributed by atoms with E-state index in [2.05, 4.69) is 5.10 Å². The molecule has 1 N–H and O–H groups in total. The normalized spacial score (nSPS) is 14.7. The Kier molecular flexibility index (Phi) is 3.06. The van der Waals surface area contributed by atoms with Crippen molar-refractivity contribution >= 4 is 0 Å². The first kappa shape index (κ1) is 10.9. The molecular formula is C13H16N2O. The van der Waals surface area contributed by atoms with Crippen LogP contribution in [-0.2, 0) is 0 Å². The Hall–Kier alpha value is -1.61. The molecule has 16 heavy (non-hydrogen) atoms. The average molecular weight is 216 g/mol. The van der Waals surface area contributed by atoms with Crippen LogP contribution in [0.1, 0.15) is 30.2 Å². The van der Waals surface area contributed by atoms with Crippen LogP contribution in [0.15, 0.2) is 42.7 Å². The van der Waals surface area contributed by atoms with Crippen LogP contribution >= 0.6 is 0 Å². The number of hydrogen-bond donors (Lipinski definition) is 1. The summed E-state index contributed by atoms with van der Waals surface area (Å²) in [5.41, 5.74) is 2.02. The Morgan fingerprint density at radius 3 is 2.50 bits per heavy atom. The van der Waals surface area contributed by atoms with Crippen LogP contribution in [0.3, 0.4) is 0 Å². The minimum Gasteiger partial charge on any atom is -0.386 e. The summed E-state index contributed by atoms with van der Waals surface area (Å²) in [5, 5.41) is 14.4. The molecule has 0 radical (unpaired) electrons. The van der Waals surface area contributed by atoms with E-state index in [1.165, 1.54) is 0 Å². The quantitative estimate of drug-likeness (QED) is 0.856. The molecular weight excluding hydrogens is 200 g/mol. The number of aryl methyl sites for hydroxylation is 1. The summed E-state index contributed by atoms with van der Waals surface area (Å²) in [6.07, 6.45) is 3.21. The lowest BCUT2D eigenvalue weighted by Crippen LogP contribution is -2.15. The van der Waals surface area contributed by atoms with Crippen molar-refractivity contribution in [2.75, 3.05) is 0 Å². The molecule has 1 aromatic carbocycles. The van der Waals surface area contributed by atoms with Crippen molar-refractivity contribution in [3.63, 3.8) is 0 Å². The van der Waals surface area contributed by atoms with Gasteiger partial charge in [0, 0.05) is 6.20 Å². The summed E-state index contributed by atoms with van der Waals surface area (Å²) < 4.78 is 1.80. The van der Waals surface area contributed by atoms with Crippen LogP contribution in [0, 0.1) is 6.92 Å². The number of hydrogen-bond acceptors (Lipinski definition) is 2. The number of aliphatic hydroxyl groups excluding tert-OH is 1. The highest BCUT2D eigenvalue weighted by molar-refractivity contribution is 5.18. The molecule has 0 saturated carbocycles. The average Bonchev–Trinajstić information content (AvgIpc) is 2.75. The largest absolute Gasteiger partial charge is 0.386 e. The van der Waals surface area contributed by atoms with E-state index < -0.39 is 6.10 Å². The fraction of sp³-hybridized carbons (Fsp3) is 0.308. The van der Waals surface area contributed by atoms with Crippen molar-refractivity contribution in [2.45, 2.75) is 26.0 Å². The SMILES string of the molecule is Cc1cnn(C(C)C(O)c2ccccc2)c1. The first-order valence-electron chi connectivity index (χ1n) is 5.42. The Labute approximate surface area is 95.3 Å². The number of rotatable bonds is 3. The molecule has 0 amide bonds. The fourth-order valence-electron chi connectivity index (χ4n) is 1.73. The zero-order chi connectivity index (χ0) is 11.5. The summed E-state index contributed by atoms with van der Waals surface area (Å²) in [5.74, 6) is 0. The number of benzene rings is 1. The molecule has 0 spiro atoms. The predicted molar refractivity (Wildman–Crippen MR) is 63.1 cm³/mol. The molecule has 1 heterocycles. The van der Waals surface area contributed by atoms with Gasteiger partial charge in [-0.3, -0.25) is 4.68 Å². The topological polar surface area (TPSA) is 38.0 Å². The summed E-state index contributed by atoms with van der Waals surface area (Å²) in [6, 6.07) is 9.60. The molecule has 3 nitrogen and oxygen atoms in total. The van der Waals surface area contributed by atoms with Gasteiger partial charge in [0.15, 0.2) is 0 Å². The molecule has 1 aromatic heterocycles. The van der Waals surface area contributed by atoms with Gasteiger partial charge < -0.3 is 5.11 Å². The minimum absolute atomic E-state index is 0.0592. The fourth-order valence-corrected chi connectivity index (χ4v) is 1.73. The summed E-state index contributed by atoms with van der Waals surface area (Å²) >= 11 is 0. The zero-order valence-corrected chi connectivity index (χ0v) is 9.54. The van der Waals surface area contributed by atoms with Gasteiger partial charge in [-0.1, -0.05) is 30.3 Å². The van der Waals surface area contributed by atoms with Crippen LogP contribution in [0.2, 0.25) is 0 Å². The van der Waals surface area contributed by atoms with E-state index in [9.17, 15) is 5.11 Å². The molecule has 0 aliphatic carbocycles. The lowest BCUT2D eigenvalue weighted by atomic mass is 10.0. The van der Waals surface area contributed by atoms with Gasteiger partial charge >= 0.3 is 0 Å². The second kappa shape index (κ2) is 4.49. The van der Waals surface area contributed by atoms with E-state index in [0.717, 1.165) is 11.1 Å². The van der Waals surface area contributed by atoms with Crippen LogP contribution in [0.25, 0.3) is 0 Å². The zero-order valence-electron chi connectivity index (χ0n) is 9.54. The van der Waals surface area contributed by atoms with Crippen molar-refractivity contribution in [3.05, 3.63) is 53.9 Å². The van der Waals surface area contributed by atoms with Crippen LogP contribution in [-0.4, -0.2) is 14.9 Å². The van der Waals surface area contributed by atoms with Gasteiger partial charge in [-0.25, -0.2) is 0 Å². The molecule has 2 atom stereocenters. The Morgan fingerprint density at radius 2 is 1.94 bits per heavy atom. The van der Waals surface area contributed by atoms with Crippen molar-refractivity contribution in [3.8, 4) is 0 Å². The van der Waals surface area contributed by atoms with Crippen LogP contribution in [0.5, 0.6) is 0 Å². The van der Waals surface area contributed by atoms with Crippen molar-refractivity contribution in [2.24, 2.45) is 0 Å². The van der Waals surface area contributed by atoms with Gasteiger partial charge in [0.05, 0.1) is 12.2 Å². The Morgan fingerprint density at radius 1 is 1.25 bits per heavy atom. The number of aliphatic hydroxyl groups is 1. The van der Waals surface area contributed by atoms with E-state index >= 15 is 0 Å². The Balaban J connectivity index is 2.19. The third-order valence-electron chi connectivity index (χ3n) is 2.75. The van der Waals surface area contributed by atoms with Gasteiger partial charge in [0.25, 0.3) is 0 Å². The van der Waals surface area contributed by atoms with Gasteiger partial charge in [-0.15, -0.1) is 0 Å². The maximum Gasteiger partial charge on any atom is 0.101 e. The highest BCUT2D eigenvalue weighted by Crippen LogP contribution is 2.25. The highest BCUT2D eigenvalue weighted by Gasteiger charge is 2.18. The second-order valence-corrected chi connectivity index (χ2v) is 4.09. The Bertz CT molecular complexity index is 450. The maximum atomic E-state index is 10.2. The first-order chi connectivity index (χ1) is 7.68. The van der Waals surface area contributed by atoms with Gasteiger partial charge in [-0.05, 0) is 25.0 Å². The van der Waals surface area contributed by atoms with Crippen molar-refractivity contribution in [1.29, 1.82) is 0 Å². The lowest BCUT2D eigenvalue weighted by Gasteiger charge is -2.19. The molecule has 0 aliphatic heterocycles. The smallest absolute Gasteiger partial charge is 0.101 e. The highest BCUT2D eigenvalue weighted by atomic mass is 16.3. The molecule has 2 aromatic rings. The molecule has 2 rings (SSSR count). The lowest BCUT2D eigenvalue weighted by molar-refractivity contribution is 0.115. The molecule has 3 heteroatoms. The molecule has 2 unspecified atom stereocenters. The van der Waals surface area contributed by atoms with Crippen molar-refractivity contribution < 1.29 is 5.11 Å². The summed E-state index contributed by atoms with van der Waals surface area (Å²) in [4.78, 5) is 0. The standard InChI is InChI=1S/C13H16N2O/c1-10-8-14-15(9-10)11(2)13(16)12-6-4-3-5-7-12/h3-9,11,13,16H,1-2H3. The van der Waals surface area contributed by atoms with Gasteiger partial charge in [0.1, 0.15) is 6.10 Å². The molecule has 0 saturated heterocycles. The molecule has 0 bridgehead atoms. The van der Waals surface area contributed by atoms with E-state index in [1.54, 1.807) is 10.9 Å². The minimum atomic E-state index is -0.527. The van der Waals surface area contributed by atoms with E-state index in [1.807, 2.05) is 50.4 Å². The summed E-state index contributed by atoms with van der Waals surface area (Å²) in [6.45, 7) is 3.95. The third kappa shape index (κ3) is 2.14. The van der Waals surface area contributed by atoms with Crippen LogP contribution < -0.4 is 0 Å². The predicted octanol–water partition coefficient (Wildman–Crippen LogP) is 2.49. The van der Waals surface area contributed by atoms with E-state index in [0.29, 0.717) is 0 Å². The van der Waals surface area contributed by atoms with Gasteiger partial charge in [-0.2, -0.15) is 5.10 Å². The molecule has 84 valence electrons. The monoisotopic (exact) mass is 216 g/mol. The van der Waals surface area contributed by atoms with Crippen molar-refractivity contribution in [1.82, 2.24) is 9.78 Å². The van der Waals surface area contributed by atoms with Gasteiger partial charge in [0.2, 0.25) is 0 Å². The second-order valence-electron chi connectivity index (χ2n) is 4.09. The molecule has 0 fully saturated rings. The first-order valence-corrected chi connectivity index (χ1v) is 5.42.